The molecule has 258 valence electrons. The van der Waals surface area contributed by atoms with E-state index in [1.165, 1.54) is 18.8 Å². The lowest BCUT2D eigenvalue weighted by atomic mass is 9.33. The summed E-state index contributed by atoms with van der Waals surface area (Å²) in [4.78, 5) is 26.7. The Labute approximate surface area is 280 Å². The predicted octanol–water partition coefficient (Wildman–Crippen LogP) is 8.04. The second kappa shape index (κ2) is 11.7. The lowest BCUT2D eigenvalue weighted by Gasteiger charge is -2.71. The number of aromatic hydroxyl groups is 1. The van der Waals surface area contributed by atoms with E-state index in [0.29, 0.717) is 48.3 Å². The van der Waals surface area contributed by atoms with Crippen LogP contribution in [0.5, 0.6) is 11.5 Å². The smallest absolute Gasteiger partial charge is 0.330 e. The normalized spacial score (nSPS) is 42.3. The number of aliphatic hydroxyl groups is 1. The van der Waals surface area contributed by atoms with Crippen LogP contribution >= 0.6 is 0 Å². The summed E-state index contributed by atoms with van der Waals surface area (Å²) in [6.07, 6.45) is 12.7. The predicted molar refractivity (Wildman–Crippen MR) is 182 cm³/mol. The van der Waals surface area contributed by atoms with Gasteiger partial charge in [0.1, 0.15) is 6.61 Å². The molecule has 3 N–H and O–H groups in total. The Kier molecular flexibility index (Phi) is 8.46. The van der Waals surface area contributed by atoms with Crippen molar-refractivity contribution < 1.29 is 34.4 Å². The number of hydrogen-bond donors (Lipinski definition) is 3. The highest BCUT2D eigenvalue weighted by Crippen LogP contribution is 2.76. The fourth-order valence-corrected chi connectivity index (χ4v) is 12.2. The summed E-state index contributed by atoms with van der Waals surface area (Å²) in [5, 5.41) is 32.2. The first-order valence-electron chi connectivity index (χ1n) is 17.9. The van der Waals surface area contributed by atoms with E-state index in [1.54, 1.807) is 24.3 Å². The molecular weight excluding hydrogens is 592 g/mol. The first-order valence-corrected chi connectivity index (χ1v) is 17.9. The summed E-state index contributed by atoms with van der Waals surface area (Å²) >= 11 is 0. The molecule has 5 aliphatic carbocycles. The van der Waals surface area contributed by atoms with E-state index in [2.05, 4.69) is 47.6 Å². The fraction of sp³-hybridized carbons (Fsp3) is 0.700. The minimum absolute atomic E-state index is 0.000290. The number of esters is 1. The number of carboxylic acid groups (broad SMARTS) is 1. The molecule has 3 unspecified atom stereocenters. The number of carbonyl (C=O) groups is 2. The molecule has 6 rings (SSSR count). The third-order valence-electron chi connectivity index (χ3n) is 15.1. The molecule has 0 bridgehead atoms. The second-order valence-electron chi connectivity index (χ2n) is 17.1. The Morgan fingerprint density at radius 1 is 0.979 bits per heavy atom. The van der Waals surface area contributed by atoms with Crippen molar-refractivity contribution in [3.63, 3.8) is 0 Å². The van der Waals surface area contributed by atoms with E-state index in [9.17, 15) is 24.9 Å². The second-order valence-corrected chi connectivity index (χ2v) is 17.1. The molecule has 0 aromatic heterocycles. The van der Waals surface area contributed by atoms with E-state index < -0.39 is 22.8 Å². The van der Waals surface area contributed by atoms with Crippen LogP contribution in [0.15, 0.2) is 35.9 Å². The van der Waals surface area contributed by atoms with Gasteiger partial charge in [-0.2, -0.15) is 0 Å². The molecule has 7 nitrogen and oxygen atoms in total. The van der Waals surface area contributed by atoms with Gasteiger partial charge in [0.2, 0.25) is 0 Å². The molecule has 47 heavy (non-hydrogen) atoms. The van der Waals surface area contributed by atoms with Gasteiger partial charge < -0.3 is 24.8 Å². The number of fused-ring (bicyclic) bond motifs is 7. The summed E-state index contributed by atoms with van der Waals surface area (Å²) in [6, 6.07) is 4.98. The highest BCUT2D eigenvalue weighted by Gasteiger charge is 2.71. The SMILES string of the molecule is COc1ccc(/C=C/C(=O)OC[C@@]23CC[C@@]4(C(=O)O)CC[C@@H](C)[C@H](C)C4C2=CCC2[C@@]4(C)CC[C@H](O)C(C)(C)C4CC[C@]23C)cc1O. The van der Waals surface area contributed by atoms with Gasteiger partial charge in [0.25, 0.3) is 0 Å². The molecule has 0 amide bonds. The van der Waals surface area contributed by atoms with Gasteiger partial charge in [-0.15, -0.1) is 0 Å². The van der Waals surface area contributed by atoms with Gasteiger partial charge in [0, 0.05) is 11.5 Å². The number of hydrogen-bond acceptors (Lipinski definition) is 6. The van der Waals surface area contributed by atoms with Crippen LogP contribution in [-0.4, -0.2) is 47.1 Å². The Morgan fingerprint density at radius 3 is 2.40 bits per heavy atom. The summed E-state index contributed by atoms with van der Waals surface area (Å²) in [5.41, 5.74) is 0.264. The van der Waals surface area contributed by atoms with Crippen molar-refractivity contribution in [1.82, 2.24) is 0 Å². The van der Waals surface area contributed by atoms with E-state index in [4.69, 9.17) is 9.47 Å². The number of phenolic OH excluding ortho intramolecular Hbond substituents is 1. The van der Waals surface area contributed by atoms with Gasteiger partial charge in [-0.1, -0.05) is 59.3 Å². The zero-order chi connectivity index (χ0) is 34.2. The number of ether oxygens (including phenoxy) is 2. The molecule has 0 heterocycles. The van der Waals surface area contributed by atoms with E-state index >= 15 is 0 Å². The number of aliphatic carboxylic acids is 1. The van der Waals surface area contributed by atoms with Gasteiger partial charge in [-0.25, -0.2) is 4.79 Å². The molecule has 0 saturated heterocycles. The third-order valence-corrected chi connectivity index (χ3v) is 15.1. The van der Waals surface area contributed by atoms with Gasteiger partial charge in [0.05, 0.1) is 18.6 Å². The summed E-state index contributed by atoms with van der Waals surface area (Å²) in [7, 11) is 1.49. The third kappa shape index (κ3) is 4.91. The van der Waals surface area contributed by atoms with Crippen molar-refractivity contribution in [2.24, 2.45) is 56.7 Å². The molecule has 0 spiro atoms. The van der Waals surface area contributed by atoms with Gasteiger partial charge in [0.15, 0.2) is 11.5 Å². The fourth-order valence-electron chi connectivity index (χ4n) is 12.2. The maximum atomic E-state index is 13.4. The Morgan fingerprint density at radius 2 is 1.72 bits per heavy atom. The lowest BCUT2D eigenvalue weighted by Crippen LogP contribution is -2.67. The summed E-state index contributed by atoms with van der Waals surface area (Å²) in [5.74, 6) is 0.479. The minimum atomic E-state index is -0.789. The van der Waals surface area contributed by atoms with Crippen LogP contribution in [0, 0.1) is 56.7 Å². The van der Waals surface area contributed by atoms with Crippen molar-refractivity contribution in [3.05, 3.63) is 41.5 Å². The quantitative estimate of drug-likeness (QED) is 0.163. The zero-order valence-corrected chi connectivity index (χ0v) is 29.5. The average Bonchev–Trinajstić information content (AvgIpc) is 3.02. The Balaban J connectivity index is 1.40. The first-order chi connectivity index (χ1) is 22.1. The van der Waals surface area contributed by atoms with Crippen molar-refractivity contribution in [1.29, 1.82) is 0 Å². The van der Waals surface area contributed by atoms with E-state index in [-0.39, 0.29) is 46.5 Å². The average molecular weight is 649 g/mol. The van der Waals surface area contributed by atoms with Crippen LogP contribution in [0.2, 0.25) is 0 Å². The number of allylic oxidation sites excluding steroid dienone is 1. The number of benzene rings is 1. The van der Waals surface area contributed by atoms with Gasteiger partial charge in [-0.05, 0) is 127 Å². The highest BCUT2D eigenvalue weighted by atomic mass is 16.5. The van der Waals surface area contributed by atoms with Gasteiger partial charge >= 0.3 is 11.9 Å². The van der Waals surface area contributed by atoms with Crippen molar-refractivity contribution >= 4 is 18.0 Å². The Bertz CT molecular complexity index is 1480. The number of rotatable bonds is 6. The molecular formula is C40H56O7. The number of aliphatic hydroxyl groups excluding tert-OH is 1. The largest absolute Gasteiger partial charge is 0.504 e. The molecule has 0 radical (unpaired) electrons. The van der Waals surface area contributed by atoms with Crippen LogP contribution in [-0.2, 0) is 14.3 Å². The van der Waals surface area contributed by atoms with E-state index in [1.807, 2.05) is 0 Å². The molecule has 1 aromatic carbocycles. The molecule has 7 heteroatoms. The van der Waals surface area contributed by atoms with Crippen molar-refractivity contribution in [2.45, 2.75) is 105 Å². The zero-order valence-electron chi connectivity index (χ0n) is 29.5. The minimum Gasteiger partial charge on any atom is -0.504 e. The lowest BCUT2D eigenvalue weighted by molar-refractivity contribution is -0.218. The van der Waals surface area contributed by atoms with Crippen molar-refractivity contribution in [3.8, 4) is 11.5 Å². The van der Waals surface area contributed by atoms with Crippen LogP contribution in [0.4, 0.5) is 0 Å². The van der Waals surface area contributed by atoms with Gasteiger partial charge in [-0.3, -0.25) is 4.79 Å². The molecule has 4 fully saturated rings. The molecule has 1 aromatic rings. The topological polar surface area (TPSA) is 113 Å². The standard InChI is InChI=1S/C40H56O7/c1-24-14-19-39(35(44)45)20-21-40(23-47-33(43)13-9-26-8-11-29(46-7)28(41)22-26)27(34(39)25(24)2)10-12-31-37(5)17-16-32(42)36(3,4)30(37)15-18-38(31,40)6/h8-11,13,22,24-25,30-32,34,41-42H,12,14-21,23H2,1-7H3,(H,44,45)/b13-9+/t24-,25+,30?,31?,32+,34?,37+,38-,39+,40+/m1/s1. The van der Waals surface area contributed by atoms with E-state index in [0.717, 1.165) is 38.5 Å². The summed E-state index contributed by atoms with van der Waals surface area (Å²) < 4.78 is 11.4. The Hall–Kier alpha value is -2.80. The highest BCUT2D eigenvalue weighted by molar-refractivity contribution is 5.87. The maximum absolute atomic E-state index is 13.4. The van der Waals surface area contributed by atoms with Crippen molar-refractivity contribution in [2.75, 3.05) is 13.7 Å². The number of phenols is 1. The molecule has 4 saturated carbocycles. The monoisotopic (exact) mass is 648 g/mol. The molecule has 10 atom stereocenters. The van der Waals surface area contributed by atoms with Crippen LogP contribution in [0.1, 0.15) is 105 Å². The van der Waals surface area contributed by atoms with Crippen LogP contribution < -0.4 is 4.74 Å². The number of carboxylic acids is 1. The maximum Gasteiger partial charge on any atom is 0.330 e. The molecule has 5 aliphatic rings. The first kappa shape index (κ1) is 34.1. The summed E-state index contributed by atoms with van der Waals surface area (Å²) in [6.45, 7) is 14.1. The van der Waals surface area contributed by atoms with Crippen LogP contribution in [0.3, 0.4) is 0 Å². The molecule has 0 aliphatic heterocycles. The van der Waals surface area contributed by atoms with Crippen LogP contribution in [0.25, 0.3) is 6.08 Å². The number of methoxy groups -OCH3 is 1. The number of carbonyl (C=O) groups excluding carboxylic acids is 1.